The molecule has 0 heterocycles. The zero-order valence-corrected chi connectivity index (χ0v) is 55.1. The van der Waals surface area contributed by atoms with Gasteiger partial charge in [0.25, 0.3) is 0 Å². The molecule has 6 nitrogen and oxygen atoms in total. The van der Waals surface area contributed by atoms with Crippen molar-refractivity contribution in [1.29, 1.82) is 0 Å². The van der Waals surface area contributed by atoms with Gasteiger partial charge in [0.1, 0.15) is 13.2 Å². The highest BCUT2D eigenvalue weighted by Gasteiger charge is 2.20. The highest BCUT2D eigenvalue weighted by molar-refractivity contribution is 5.71. The molecule has 0 aliphatic rings. The molecule has 0 rings (SSSR count). The monoisotopic (exact) mass is 1140 g/mol. The second kappa shape index (κ2) is 70.4. The van der Waals surface area contributed by atoms with Crippen molar-refractivity contribution in [3.63, 3.8) is 0 Å². The summed E-state index contributed by atoms with van der Waals surface area (Å²) in [6.45, 7) is 6.72. The predicted molar refractivity (Wildman–Crippen MR) is 353 cm³/mol. The Morgan fingerprint density at radius 2 is 0.407 bits per heavy atom. The summed E-state index contributed by atoms with van der Waals surface area (Å²) < 4.78 is 17.0. The van der Waals surface area contributed by atoms with Crippen LogP contribution in [0, 0.1) is 0 Å². The standard InChI is InChI=1S/C75H142O6/c1-4-7-10-13-16-19-22-25-28-31-33-34-35-36-37-38-39-40-42-44-47-50-53-56-59-62-65-68-74(77)80-71-72(70-79-73(76)67-64-61-58-55-52-49-46-43-30-27-24-21-18-15-12-9-6-3)81-75(78)69-66-63-60-57-54-51-48-45-41-32-29-26-23-20-17-14-11-8-5-2/h26-27,29-30,72H,4-25,28,31-71H2,1-3H3/b29-26-,30-27-. The molecule has 0 N–H and O–H groups in total. The van der Waals surface area contributed by atoms with Gasteiger partial charge in [-0.25, -0.2) is 0 Å². The molecule has 0 spiro atoms. The summed E-state index contributed by atoms with van der Waals surface area (Å²) in [5.41, 5.74) is 0. The van der Waals surface area contributed by atoms with E-state index in [2.05, 4.69) is 45.1 Å². The first-order chi connectivity index (χ1) is 40.0. The topological polar surface area (TPSA) is 78.9 Å². The van der Waals surface area contributed by atoms with Crippen LogP contribution >= 0.6 is 0 Å². The summed E-state index contributed by atoms with van der Waals surface area (Å²) in [5.74, 6) is -0.841. The van der Waals surface area contributed by atoms with Crippen LogP contribution in [0.1, 0.15) is 419 Å². The van der Waals surface area contributed by atoms with Gasteiger partial charge in [0.2, 0.25) is 0 Å². The van der Waals surface area contributed by atoms with Crippen LogP contribution in [-0.4, -0.2) is 37.2 Å². The van der Waals surface area contributed by atoms with Crippen LogP contribution in [0.25, 0.3) is 0 Å². The Morgan fingerprint density at radius 1 is 0.235 bits per heavy atom. The Morgan fingerprint density at radius 3 is 0.617 bits per heavy atom. The van der Waals surface area contributed by atoms with Crippen molar-refractivity contribution in [3.05, 3.63) is 24.3 Å². The van der Waals surface area contributed by atoms with E-state index in [4.69, 9.17) is 14.2 Å². The fourth-order valence-corrected chi connectivity index (χ4v) is 11.4. The maximum atomic E-state index is 13.0. The second-order valence-corrected chi connectivity index (χ2v) is 25.2. The Hall–Kier alpha value is -2.11. The molecular weight excluding hydrogens is 997 g/mol. The summed E-state index contributed by atoms with van der Waals surface area (Å²) in [4.78, 5) is 38.5. The summed E-state index contributed by atoms with van der Waals surface area (Å²) in [6, 6.07) is 0. The van der Waals surface area contributed by atoms with Crippen molar-refractivity contribution in [1.82, 2.24) is 0 Å². The van der Waals surface area contributed by atoms with E-state index in [1.54, 1.807) is 0 Å². The van der Waals surface area contributed by atoms with Gasteiger partial charge in [-0.05, 0) is 70.6 Å². The number of unbranched alkanes of at least 4 members (excludes halogenated alkanes) is 54. The third-order valence-electron chi connectivity index (χ3n) is 16.9. The number of rotatable bonds is 69. The zero-order chi connectivity index (χ0) is 58.5. The number of carbonyl (C=O) groups excluding carboxylic acids is 3. The normalized spacial score (nSPS) is 12.1. The number of hydrogen-bond donors (Lipinski definition) is 0. The fourth-order valence-electron chi connectivity index (χ4n) is 11.4. The van der Waals surface area contributed by atoms with Crippen LogP contribution in [0.2, 0.25) is 0 Å². The second-order valence-electron chi connectivity index (χ2n) is 25.2. The third-order valence-corrected chi connectivity index (χ3v) is 16.9. The van der Waals surface area contributed by atoms with E-state index >= 15 is 0 Å². The molecule has 0 saturated carbocycles. The summed E-state index contributed by atoms with van der Waals surface area (Å²) in [6.07, 6.45) is 86.4. The lowest BCUT2D eigenvalue weighted by Gasteiger charge is -2.18. The molecule has 0 amide bonds. The van der Waals surface area contributed by atoms with Crippen molar-refractivity contribution in [2.45, 2.75) is 425 Å². The minimum atomic E-state index is -0.773. The summed E-state index contributed by atoms with van der Waals surface area (Å²) in [7, 11) is 0. The smallest absolute Gasteiger partial charge is 0.306 e. The third kappa shape index (κ3) is 68.6. The summed E-state index contributed by atoms with van der Waals surface area (Å²) in [5, 5.41) is 0. The minimum Gasteiger partial charge on any atom is -0.462 e. The predicted octanol–water partition coefficient (Wildman–Crippen LogP) is 25.3. The van der Waals surface area contributed by atoms with Crippen LogP contribution < -0.4 is 0 Å². The quantitative estimate of drug-likeness (QED) is 0.0261. The molecule has 0 bridgehead atoms. The lowest BCUT2D eigenvalue weighted by molar-refractivity contribution is -0.167. The first-order valence-corrected chi connectivity index (χ1v) is 36.8. The van der Waals surface area contributed by atoms with Crippen molar-refractivity contribution in [2.75, 3.05) is 13.2 Å². The molecule has 6 heteroatoms. The average molecular weight is 1140 g/mol. The molecule has 0 aromatic carbocycles. The summed E-state index contributed by atoms with van der Waals surface area (Å²) >= 11 is 0. The maximum Gasteiger partial charge on any atom is 0.306 e. The van der Waals surface area contributed by atoms with E-state index in [0.717, 1.165) is 57.8 Å². The number of esters is 3. The van der Waals surface area contributed by atoms with Gasteiger partial charge in [-0.3, -0.25) is 14.4 Å². The Kier molecular flexibility index (Phi) is 68.5. The van der Waals surface area contributed by atoms with Gasteiger partial charge in [0.05, 0.1) is 0 Å². The van der Waals surface area contributed by atoms with Gasteiger partial charge < -0.3 is 14.2 Å². The lowest BCUT2D eigenvalue weighted by Crippen LogP contribution is -2.30. The molecule has 0 fully saturated rings. The van der Waals surface area contributed by atoms with E-state index in [9.17, 15) is 14.4 Å². The Bertz CT molecular complexity index is 1310. The van der Waals surface area contributed by atoms with E-state index < -0.39 is 6.10 Å². The van der Waals surface area contributed by atoms with Gasteiger partial charge in [0.15, 0.2) is 6.10 Å². The van der Waals surface area contributed by atoms with Crippen molar-refractivity contribution >= 4 is 17.9 Å². The first-order valence-electron chi connectivity index (χ1n) is 36.8. The molecule has 0 radical (unpaired) electrons. The largest absolute Gasteiger partial charge is 0.462 e. The number of carbonyl (C=O) groups is 3. The molecule has 478 valence electrons. The SMILES string of the molecule is CCCCCCCC/C=C\CCCCCCCCCCCC(=O)OC(COC(=O)CCCCCCCCC/C=C\CCCCCCCC)COC(=O)CCCCCCCCCCCCCCCCCCCCCCCCCCCCC. The van der Waals surface area contributed by atoms with E-state index in [1.807, 2.05) is 0 Å². The van der Waals surface area contributed by atoms with Crippen molar-refractivity contribution < 1.29 is 28.6 Å². The number of ether oxygens (including phenoxy) is 3. The minimum absolute atomic E-state index is 0.0677. The number of hydrogen-bond acceptors (Lipinski definition) is 6. The molecule has 0 aromatic rings. The van der Waals surface area contributed by atoms with Gasteiger partial charge in [-0.15, -0.1) is 0 Å². The van der Waals surface area contributed by atoms with Gasteiger partial charge >= 0.3 is 17.9 Å². The first kappa shape index (κ1) is 78.9. The highest BCUT2D eigenvalue weighted by Crippen LogP contribution is 2.19. The van der Waals surface area contributed by atoms with Crippen LogP contribution in [0.3, 0.4) is 0 Å². The van der Waals surface area contributed by atoms with Gasteiger partial charge in [-0.1, -0.05) is 353 Å². The molecule has 0 saturated heterocycles. The van der Waals surface area contributed by atoms with Crippen LogP contribution in [-0.2, 0) is 28.6 Å². The van der Waals surface area contributed by atoms with Gasteiger partial charge in [-0.2, -0.15) is 0 Å². The van der Waals surface area contributed by atoms with Crippen LogP contribution in [0.5, 0.6) is 0 Å². The van der Waals surface area contributed by atoms with E-state index in [1.165, 1.54) is 321 Å². The Balaban J connectivity index is 4.24. The molecule has 0 aliphatic carbocycles. The average Bonchev–Trinajstić information content (AvgIpc) is 3.47. The van der Waals surface area contributed by atoms with Crippen molar-refractivity contribution in [3.8, 4) is 0 Å². The molecule has 0 aliphatic heterocycles. The maximum absolute atomic E-state index is 13.0. The van der Waals surface area contributed by atoms with E-state index in [0.29, 0.717) is 19.3 Å². The molecule has 81 heavy (non-hydrogen) atoms. The van der Waals surface area contributed by atoms with Crippen LogP contribution in [0.4, 0.5) is 0 Å². The van der Waals surface area contributed by atoms with Gasteiger partial charge in [0, 0.05) is 19.3 Å². The van der Waals surface area contributed by atoms with E-state index in [-0.39, 0.29) is 31.1 Å². The van der Waals surface area contributed by atoms with Crippen molar-refractivity contribution in [2.24, 2.45) is 0 Å². The highest BCUT2D eigenvalue weighted by atomic mass is 16.6. The lowest BCUT2D eigenvalue weighted by atomic mass is 10.0. The van der Waals surface area contributed by atoms with Crippen LogP contribution in [0.15, 0.2) is 24.3 Å². The molecule has 1 atom stereocenters. The Labute approximate surface area is 506 Å². The molecular formula is C75H142O6. The number of allylic oxidation sites excluding steroid dienone is 4. The molecule has 0 aromatic heterocycles. The molecule has 1 unspecified atom stereocenters. The zero-order valence-electron chi connectivity index (χ0n) is 55.1. The fraction of sp³-hybridized carbons (Fsp3) is 0.907.